The SMILES string of the molecule is O=C(O)c1cccnc1C(=O)NCCCC1CC1. The average Bonchev–Trinajstić information content (AvgIpc) is 3.18. The first-order valence-electron chi connectivity index (χ1n) is 6.15. The van der Waals surface area contributed by atoms with Crippen LogP contribution in [0.3, 0.4) is 0 Å². The van der Waals surface area contributed by atoms with Crippen LogP contribution in [0.1, 0.15) is 46.5 Å². The molecule has 2 N–H and O–H groups in total. The average molecular weight is 248 g/mol. The van der Waals surface area contributed by atoms with Crippen LogP contribution in [0.2, 0.25) is 0 Å². The Morgan fingerprint density at radius 2 is 2.22 bits per heavy atom. The van der Waals surface area contributed by atoms with Crippen LogP contribution in [0.15, 0.2) is 18.3 Å². The van der Waals surface area contributed by atoms with Gasteiger partial charge in [-0.3, -0.25) is 9.78 Å². The van der Waals surface area contributed by atoms with Gasteiger partial charge in [0, 0.05) is 12.7 Å². The van der Waals surface area contributed by atoms with Crippen molar-refractivity contribution < 1.29 is 14.7 Å². The molecule has 0 bridgehead atoms. The van der Waals surface area contributed by atoms with Gasteiger partial charge in [-0.25, -0.2) is 4.79 Å². The summed E-state index contributed by atoms with van der Waals surface area (Å²) in [7, 11) is 0. The molecule has 1 saturated carbocycles. The number of hydrogen-bond donors (Lipinski definition) is 2. The van der Waals surface area contributed by atoms with Gasteiger partial charge in [0.25, 0.3) is 5.91 Å². The van der Waals surface area contributed by atoms with E-state index in [1.807, 2.05) is 0 Å². The summed E-state index contributed by atoms with van der Waals surface area (Å²) in [6.45, 7) is 0.574. The van der Waals surface area contributed by atoms with Crippen LogP contribution in [0.5, 0.6) is 0 Å². The lowest BCUT2D eigenvalue weighted by Crippen LogP contribution is -2.27. The van der Waals surface area contributed by atoms with Crippen molar-refractivity contribution >= 4 is 11.9 Å². The molecule has 0 radical (unpaired) electrons. The normalized spacial score (nSPS) is 14.2. The highest BCUT2D eigenvalue weighted by Crippen LogP contribution is 2.33. The zero-order valence-corrected chi connectivity index (χ0v) is 10.1. The number of aromatic nitrogens is 1. The number of hydrogen-bond acceptors (Lipinski definition) is 3. The Morgan fingerprint density at radius 1 is 1.44 bits per heavy atom. The zero-order valence-electron chi connectivity index (χ0n) is 10.1. The third-order valence-corrected chi connectivity index (χ3v) is 3.02. The van der Waals surface area contributed by atoms with Gasteiger partial charge < -0.3 is 10.4 Å². The van der Waals surface area contributed by atoms with Gasteiger partial charge in [0.05, 0.1) is 5.56 Å². The van der Waals surface area contributed by atoms with Gasteiger partial charge in [0.1, 0.15) is 5.69 Å². The van der Waals surface area contributed by atoms with E-state index < -0.39 is 11.9 Å². The van der Waals surface area contributed by atoms with Crippen molar-refractivity contribution in [3.05, 3.63) is 29.6 Å². The monoisotopic (exact) mass is 248 g/mol. The van der Waals surface area contributed by atoms with E-state index in [4.69, 9.17) is 5.11 Å². The molecule has 0 aromatic carbocycles. The quantitative estimate of drug-likeness (QED) is 0.751. The van der Waals surface area contributed by atoms with Crippen molar-refractivity contribution in [1.82, 2.24) is 10.3 Å². The first kappa shape index (κ1) is 12.5. The Hall–Kier alpha value is -1.91. The van der Waals surface area contributed by atoms with E-state index in [1.165, 1.54) is 31.2 Å². The molecule has 1 heterocycles. The van der Waals surface area contributed by atoms with Crippen molar-refractivity contribution in [2.75, 3.05) is 6.54 Å². The minimum absolute atomic E-state index is 0.0172. The molecule has 1 amide bonds. The first-order chi connectivity index (χ1) is 8.68. The van der Waals surface area contributed by atoms with E-state index in [-0.39, 0.29) is 11.3 Å². The molecule has 1 fully saturated rings. The third kappa shape index (κ3) is 3.29. The van der Waals surface area contributed by atoms with E-state index in [0.717, 1.165) is 18.8 Å². The maximum absolute atomic E-state index is 11.8. The molecule has 0 saturated heterocycles. The number of carbonyl (C=O) groups is 2. The summed E-state index contributed by atoms with van der Waals surface area (Å²) in [6.07, 6.45) is 6.10. The number of amides is 1. The number of nitrogens with zero attached hydrogens (tertiary/aromatic N) is 1. The van der Waals surface area contributed by atoms with Crippen LogP contribution in [0.4, 0.5) is 0 Å². The Kier molecular flexibility index (Phi) is 3.92. The first-order valence-corrected chi connectivity index (χ1v) is 6.15. The summed E-state index contributed by atoms with van der Waals surface area (Å²) in [6, 6.07) is 2.89. The minimum atomic E-state index is -1.13. The predicted molar refractivity (Wildman–Crippen MR) is 65.5 cm³/mol. The third-order valence-electron chi connectivity index (χ3n) is 3.02. The molecule has 1 aromatic rings. The van der Waals surface area contributed by atoms with Gasteiger partial charge >= 0.3 is 5.97 Å². The number of pyridine rings is 1. The van der Waals surface area contributed by atoms with Crippen molar-refractivity contribution in [3.63, 3.8) is 0 Å². The van der Waals surface area contributed by atoms with Crippen LogP contribution in [0, 0.1) is 5.92 Å². The highest BCUT2D eigenvalue weighted by atomic mass is 16.4. The second kappa shape index (κ2) is 5.62. The maximum atomic E-state index is 11.8. The van der Waals surface area contributed by atoms with Crippen molar-refractivity contribution in [1.29, 1.82) is 0 Å². The van der Waals surface area contributed by atoms with Crippen LogP contribution in [-0.4, -0.2) is 28.5 Å². The fourth-order valence-electron chi connectivity index (χ4n) is 1.84. The molecular formula is C13H16N2O3. The molecule has 5 heteroatoms. The lowest BCUT2D eigenvalue weighted by molar-refractivity contribution is 0.0690. The summed E-state index contributed by atoms with van der Waals surface area (Å²) >= 11 is 0. The second-order valence-electron chi connectivity index (χ2n) is 4.55. The molecule has 2 rings (SSSR count). The summed E-state index contributed by atoms with van der Waals surface area (Å²) in [5, 5.41) is 11.7. The Balaban J connectivity index is 1.88. The Bertz CT molecular complexity index is 455. The Morgan fingerprint density at radius 3 is 2.89 bits per heavy atom. The molecule has 1 aliphatic carbocycles. The summed E-state index contributed by atoms with van der Waals surface area (Å²) in [4.78, 5) is 26.6. The number of carbonyl (C=O) groups excluding carboxylic acids is 1. The molecule has 0 atom stereocenters. The molecule has 5 nitrogen and oxygen atoms in total. The molecule has 1 aliphatic rings. The second-order valence-corrected chi connectivity index (χ2v) is 4.55. The predicted octanol–water partition coefficient (Wildman–Crippen LogP) is 1.70. The van der Waals surface area contributed by atoms with Crippen LogP contribution >= 0.6 is 0 Å². The highest BCUT2D eigenvalue weighted by molar-refractivity contribution is 6.03. The van der Waals surface area contributed by atoms with Crippen LogP contribution in [-0.2, 0) is 0 Å². The molecule has 0 spiro atoms. The topological polar surface area (TPSA) is 79.3 Å². The van der Waals surface area contributed by atoms with E-state index in [9.17, 15) is 9.59 Å². The Labute approximate surface area is 105 Å². The van der Waals surface area contributed by atoms with E-state index in [2.05, 4.69) is 10.3 Å². The molecular weight excluding hydrogens is 232 g/mol. The van der Waals surface area contributed by atoms with Crippen molar-refractivity contribution in [3.8, 4) is 0 Å². The molecule has 0 unspecified atom stereocenters. The molecule has 0 aliphatic heterocycles. The highest BCUT2D eigenvalue weighted by Gasteiger charge is 2.21. The van der Waals surface area contributed by atoms with Gasteiger partial charge in [-0.15, -0.1) is 0 Å². The van der Waals surface area contributed by atoms with Gasteiger partial charge in [-0.05, 0) is 30.9 Å². The van der Waals surface area contributed by atoms with Gasteiger partial charge in [-0.2, -0.15) is 0 Å². The number of carboxylic acid groups (broad SMARTS) is 1. The van der Waals surface area contributed by atoms with Crippen LogP contribution < -0.4 is 5.32 Å². The lowest BCUT2D eigenvalue weighted by Gasteiger charge is -2.06. The van der Waals surface area contributed by atoms with E-state index in [1.54, 1.807) is 0 Å². The standard InChI is InChI=1S/C13H16N2O3/c16-12(15-8-1-3-9-5-6-9)11-10(13(17)18)4-2-7-14-11/h2,4,7,9H,1,3,5-6,8H2,(H,15,16)(H,17,18). The van der Waals surface area contributed by atoms with Crippen LogP contribution in [0.25, 0.3) is 0 Å². The number of aromatic carboxylic acids is 1. The van der Waals surface area contributed by atoms with E-state index >= 15 is 0 Å². The van der Waals surface area contributed by atoms with Gasteiger partial charge in [0.2, 0.25) is 0 Å². The number of nitrogens with one attached hydrogen (secondary N) is 1. The molecule has 1 aromatic heterocycles. The maximum Gasteiger partial charge on any atom is 0.338 e. The summed E-state index contributed by atoms with van der Waals surface area (Å²) in [5.41, 5.74) is -0.0754. The smallest absolute Gasteiger partial charge is 0.338 e. The molecule has 96 valence electrons. The largest absolute Gasteiger partial charge is 0.478 e. The number of carboxylic acids is 1. The van der Waals surface area contributed by atoms with Crippen molar-refractivity contribution in [2.24, 2.45) is 5.92 Å². The lowest BCUT2D eigenvalue weighted by atomic mass is 10.2. The van der Waals surface area contributed by atoms with Gasteiger partial charge in [0.15, 0.2) is 0 Å². The zero-order chi connectivity index (χ0) is 13.0. The number of rotatable bonds is 6. The van der Waals surface area contributed by atoms with E-state index in [0.29, 0.717) is 6.54 Å². The fraction of sp³-hybridized carbons (Fsp3) is 0.462. The van der Waals surface area contributed by atoms with Gasteiger partial charge in [-0.1, -0.05) is 12.8 Å². The molecule has 18 heavy (non-hydrogen) atoms. The minimum Gasteiger partial charge on any atom is -0.478 e. The summed E-state index contributed by atoms with van der Waals surface area (Å²) < 4.78 is 0. The van der Waals surface area contributed by atoms with Crippen molar-refractivity contribution in [2.45, 2.75) is 25.7 Å². The summed E-state index contributed by atoms with van der Waals surface area (Å²) in [5.74, 6) is -0.707. The fourth-order valence-corrected chi connectivity index (χ4v) is 1.84.